The third-order valence-corrected chi connectivity index (χ3v) is 5.48. The van der Waals surface area contributed by atoms with Gasteiger partial charge in [0.1, 0.15) is 0 Å². The van der Waals surface area contributed by atoms with Crippen molar-refractivity contribution >= 4 is 15.9 Å². The molecule has 3 nitrogen and oxygen atoms in total. The average molecular weight is 354 g/mol. The largest absolute Gasteiger partial charge is 0.490 e. The molecule has 0 amide bonds. The van der Waals surface area contributed by atoms with Crippen molar-refractivity contribution in [1.29, 1.82) is 0 Å². The minimum Gasteiger partial charge on any atom is -0.490 e. The van der Waals surface area contributed by atoms with Gasteiger partial charge in [-0.25, -0.2) is 0 Å². The summed E-state index contributed by atoms with van der Waals surface area (Å²) in [6, 6.07) is 4.89. The first-order valence-corrected chi connectivity index (χ1v) is 8.76. The second-order valence-electron chi connectivity index (χ2n) is 6.36. The normalized spacial score (nSPS) is 28.4. The number of rotatable bonds is 3. The summed E-state index contributed by atoms with van der Waals surface area (Å²) in [6.07, 6.45) is 3.56. The van der Waals surface area contributed by atoms with Gasteiger partial charge in [0.25, 0.3) is 0 Å². The van der Waals surface area contributed by atoms with Crippen LogP contribution in [0.25, 0.3) is 0 Å². The van der Waals surface area contributed by atoms with Gasteiger partial charge >= 0.3 is 0 Å². The van der Waals surface area contributed by atoms with Gasteiger partial charge < -0.3 is 14.8 Å². The molecule has 0 bridgehead atoms. The molecular formula is C17H24BrNO2. The Morgan fingerprint density at radius 3 is 2.76 bits per heavy atom. The van der Waals surface area contributed by atoms with Gasteiger partial charge in [-0.3, -0.25) is 0 Å². The second kappa shape index (κ2) is 6.57. The summed E-state index contributed by atoms with van der Waals surface area (Å²) in [4.78, 5) is 0. The van der Waals surface area contributed by atoms with E-state index < -0.39 is 0 Å². The molecule has 1 aromatic rings. The highest BCUT2D eigenvalue weighted by Crippen LogP contribution is 2.38. The van der Waals surface area contributed by atoms with Crippen LogP contribution in [0.1, 0.15) is 38.7 Å². The lowest BCUT2D eigenvalue weighted by Crippen LogP contribution is -2.31. The summed E-state index contributed by atoms with van der Waals surface area (Å²) in [5.74, 6) is 3.30. The lowest BCUT2D eigenvalue weighted by Gasteiger charge is -2.20. The molecule has 2 aliphatic rings. The third-order valence-electron chi connectivity index (χ3n) is 4.90. The first kappa shape index (κ1) is 15.2. The highest BCUT2D eigenvalue weighted by molar-refractivity contribution is 9.10. The number of hydrogen-bond acceptors (Lipinski definition) is 3. The Hall–Kier alpha value is -0.740. The number of halogens is 1. The van der Waals surface area contributed by atoms with E-state index in [0.29, 0.717) is 6.04 Å². The fourth-order valence-corrected chi connectivity index (χ4v) is 3.89. The van der Waals surface area contributed by atoms with Crippen molar-refractivity contribution in [3.63, 3.8) is 0 Å². The highest BCUT2D eigenvalue weighted by atomic mass is 79.9. The molecule has 4 heteroatoms. The fourth-order valence-electron chi connectivity index (χ4n) is 3.29. The second-order valence-corrected chi connectivity index (χ2v) is 7.21. The maximum atomic E-state index is 5.80. The Labute approximate surface area is 135 Å². The molecule has 21 heavy (non-hydrogen) atoms. The van der Waals surface area contributed by atoms with Crippen molar-refractivity contribution in [2.45, 2.75) is 45.7 Å². The third kappa shape index (κ3) is 3.37. The molecule has 0 spiro atoms. The highest BCUT2D eigenvalue weighted by Gasteiger charge is 2.29. The number of fused-ring (bicyclic) bond motifs is 1. The molecule has 0 aromatic heterocycles. The van der Waals surface area contributed by atoms with Crippen LogP contribution in [0.15, 0.2) is 16.6 Å². The molecule has 1 N–H and O–H groups in total. The minimum absolute atomic E-state index is 0.634. The predicted octanol–water partition coefficient (Wildman–Crippen LogP) is 4.13. The molecule has 3 unspecified atom stereocenters. The summed E-state index contributed by atoms with van der Waals surface area (Å²) in [5, 5.41) is 3.71. The van der Waals surface area contributed by atoms with Crippen molar-refractivity contribution in [2.75, 3.05) is 13.2 Å². The van der Waals surface area contributed by atoms with Gasteiger partial charge in [0.05, 0.1) is 17.7 Å². The maximum absolute atomic E-state index is 5.80. The lowest BCUT2D eigenvalue weighted by atomic mass is 9.97. The van der Waals surface area contributed by atoms with E-state index >= 15 is 0 Å². The first-order valence-electron chi connectivity index (χ1n) is 7.96. The molecule has 1 aliphatic heterocycles. The average Bonchev–Trinajstić information content (AvgIpc) is 2.68. The minimum atomic E-state index is 0.634. The summed E-state index contributed by atoms with van der Waals surface area (Å²) < 4.78 is 12.5. The maximum Gasteiger partial charge on any atom is 0.175 e. The molecule has 1 aliphatic carbocycles. The van der Waals surface area contributed by atoms with Gasteiger partial charge in [-0.15, -0.1) is 0 Å². The number of ether oxygens (including phenoxy) is 2. The van der Waals surface area contributed by atoms with Crippen molar-refractivity contribution in [3.8, 4) is 11.5 Å². The zero-order chi connectivity index (χ0) is 14.8. The van der Waals surface area contributed by atoms with Crippen molar-refractivity contribution < 1.29 is 9.47 Å². The Kier molecular flexibility index (Phi) is 4.75. The molecule has 3 rings (SSSR count). The van der Waals surface area contributed by atoms with Gasteiger partial charge in [0, 0.05) is 19.0 Å². The summed E-state index contributed by atoms with van der Waals surface area (Å²) in [5.41, 5.74) is 1.25. The van der Waals surface area contributed by atoms with Gasteiger partial charge in [-0.05, 0) is 58.3 Å². The van der Waals surface area contributed by atoms with E-state index in [0.717, 1.165) is 54.0 Å². The Balaban J connectivity index is 1.69. The lowest BCUT2D eigenvalue weighted by molar-refractivity contribution is 0.296. The summed E-state index contributed by atoms with van der Waals surface area (Å²) in [6.45, 7) is 7.06. The van der Waals surface area contributed by atoms with Crippen LogP contribution in [-0.4, -0.2) is 19.3 Å². The van der Waals surface area contributed by atoms with Crippen molar-refractivity contribution in [1.82, 2.24) is 5.32 Å². The standard InChI is InChI=1S/C17H24BrNO2/c1-11-4-5-15(12(11)2)19-10-13-8-14(18)17-16(9-13)20-6-3-7-21-17/h8-9,11-12,15,19H,3-7,10H2,1-2H3. The summed E-state index contributed by atoms with van der Waals surface area (Å²) >= 11 is 3.61. The van der Waals surface area contributed by atoms with E-state index in [1.807, 2.05) is 0 Å². The Morgan fingerprint density at radius 1 is 1.19 bits per heavy atom. The van der Waals surface area contributed by atoms with Crippen LogP contribution < -0.4 is 14.8 Å². The number of nitrogens with one attached hydrogen (secondary N) is 1. The van der Waals surface area contributed by atoms with Crippen LogP contribution in [0.3, 0.4) is 0 Å². The van der Waals surface area contributed by atoms with Crippen molar-refractivity contribution in [2.24, 2.45) is 11.8 Å². The van der Waals surface area contributed by atoms with Gasteiger partial charge in [-0.2, -0.15) is 0 Å². The van der Waals surface area contributed by atoms with Crippen LogP contribution in [0.2, 0.25) is 0 Å². The molecule has 116 valence electrons. The van der Waals surface area contributed by atoms with E-state index in [4.69, 9.17) is 9.47 Å². The monoisotopic (exact) mass is 353 g/mol. The van der Waals surface area contributed by atoms with E-state index in [1.54, 1.807) is 0 Å². The van der Waals surface area contributed by atoms with Crippen LogP contribution in [-0.2, 0) is 6.54 Å². The van der Waals surface area contributed by atoms with E-state index in [9.17, 15) is 0 Å². The van der Waals surface area contributed by atoms with Crippen LogP contribution in [0.5, 0.6) is 11.5 Å². The Morgan fingerprint density at radius 2 is 2.00 bits per heavy atom. The smallest absolute Gasteiger partial charge is 0.175 e. The van der Waals surface area contributed by atoms with Crippen LogP contribution in [0.4, 0.5) is 0 Å². The van der Waals surface area contributed by atoms with E-state index in [-0.39, 0.29) is 0 Å². The van der Waals surface area contributed by atoms with Crippen LogP contribution in [0, 0.1) is 11.8 Å². The van der Waals surface area contributed by atoms with E-state index in [2.05, 4.69) is 47.2 Å². The number of benzene rings is 1. The van der Waals surface area contributed by atoms with Gasteiger partial charge in [0.15, 0.2) is 11.5 Å². The van der Waals surface area contributed by atoms with Gasteiger partial charge in [-0.1, -0.05) is 13.8 Å². The zero-order valence-corrected chi connectivity index (χ0v) is 14.4. The zero-order valence-electron chi connectivity index (χ0n) is 12.8. The van der Waals surface area contributed by atoms with E-state index in [1.165, 1.54) is 18.4 Å². The Bertz CT molecular complexity index is 506. The van der Waals surface area contributed by atoms with Gasteiger partial charge in [0.2, 0.25) is 0 Å². The molecule has 1 fully saturated rings. The molecule has 3 atom stereocenters. The molecule has 0 radical (unpaired) electrons. The fraction of sp³-hybridized carbons (Fsp3) is 0.647. The SMILES string of the molecule is CC1CCC(NCc2cc(Br)c3c(c2)OCCCO3)C1C. The topological polar surface area (TPSA) is 30.5 Å². The molecule has 0 saturated heterocycles. The quantitative estimate of drug-likeness (QED) is 0.885. The molecular weight excluding hydrogens is 330 g/mol. The van der Waals surface area contributed by atoms with Crippen LogP contribution >= 0.6 is 15.9 Å². The molecule has 1 heterocycles. The molecule has 1 saturated carbocycles. The molecule has 1 aromatic carbocycles. The van der Waals surface area contributed by atoms with Crippen molar-refractivity contribution in [3.05, 3.63) is 22.2 Å². The number of hydrogen-bond donors (Lipinski definition) is 1. The first-order chi connectivity index (χ1) is 10.1. The predicted molar refractivity (Wildman–Crippen MR) is 87.9 cm³/mol. The summed E-state index contributed by atoms with van der Waals surface area (Å²) in [7, 11) is 0.